The molecule has 3 heterocycles. The highest BCUT2D eigenvalue weighted by Crippen LogP contribution is 2.54. The molecule has 4 aromatic rings. The molecule has 28 nitrogen and oxygen atoms in total. The molecule has 3 unspecified atom stereocenters. The van der Waals surface area contributed by atoms with E-state index < -0.39 is 94.6 Å². The highest BCUT2D eigenvalue weighted by molar-refractivity contribution is 7.87. The Kier molecular flexibility index (Phi) is 27.0. The lowest BCUT2D eigenvalue weighted by Gasteiger charge is -2.38. The molecular formula is C62H85N3O25S4. The van der Waals surface area contributed by atoms with Crippen molar-refractivity contribution in [1.82, 2.24) is 5.06 Å². The SMILES string of the molecule is CCCC1CC(/C=C/C=C2/N(CCOCCOCCOCCOCCC(=O)ON3C(=O)CCC3=O)c3ccc4c(S(=O)(=O)O)cc(S(=O)(=O)O)cc4c3C2(C)C)C(C)(CCOCCOCCOCCOC)c2c(ccc3c(S(=O)(=O)O)cc(S(=O)(=O)O)cc23)N1CCOC. The van der Waals surface area contributed by atoms with Crippen molar-refractivity contribution >= 4 is 91.2 Å². The molecule has 0 bridgehead atoms. The second-order valence-corrected chi connectivity index (χ2v) is 28.9. The normalized spacial score (nSPS) is 19.1. The molecule has 0 radical (unpaired) electrons. The summed E-state index contributed by atoms with van der Waals surface area (Å²) in [6, 6.07) is 9.89. The molecule has 7 rings (SSSR count). The van der Waals surface area contributed by atoms with Gasteiger partial charge >= 0.3 is 5.97 Å². The summed E-state index contributed by atoms with van der Waals surface area (Å²) in [5.41, 5.74) is 0.507. The molecule has 0 saturated carbocycles. The van der Waals surface area contributed by atoms with Crippen molar-refractivity contribution in [3.8, 4) is 0 Å². The first-order valence-electron chi connectivity index (χ1n) is 30.6. The molecule has 32 heteroatoms. The summed E-state index contributed by atoms with van der Waals surface area (Å²) in [5, 5.41) is 0.677. The van der Waals surface area contributed by atoms with Crippen LogP contribution in [0.25, 0.3) is 21.5 Å². The number of carbonyl (C=O) groups excluding carboxylic acids is 3. The van der Waals surface area contributed by atoms with E-state index in [-0.39, 0.29) is 139 Å². The van der Waals surface area contributed by atoms with E-state index in [1.807, 2.05) is 50.8 Å². The standard InChI is InChI=1S/C62H85N3O25S4/c1-7-9-44-38-43(62(4,19-23-84-29-32-88-35-34-86-27-26-82-6)60-50-40-46(92(72,73)74)42-54(94(78,79)80)48(50)13-15-52(60)63(44)20-24-81-5)10-8-11-55-61(2,3)59-49-39-45(91(69,70)71)41-53(93(75,76)77)47(49)12-14-51(59)64(55)21-25-85-30-33-89-37-36-87-31-28-83-22-18-58(68)90-65-56(66)16-17-57(65)67/h8,10-15,39-44H,7,9,16-38H2,1-6H3,(H,69,70,71)(H,72,73,74)(H,75,76,77)(H,78,79,80)/b10-8+,55-11+. The van der Waals surface area contributed by atoms with Gasteiger partial charge in [-0.25, -0.2) is 4.79 Å². The van der Waals surface area contributed by atoms with Crippen LogP contribution in [0.1, 0.15) is 83.8 Å². The van der Waals surface area contributed by atoms with E-state index >= 15 is 0 Å². The van der Waals surface area contributed by atoms with Gasteiger partial charge in [-0.3, -0.25) is 27.8 Å². The zero-order valence-corrected chi connectivity index (χ0v) is 56.8. The van der Waals surface area contributed by atoms with Crippen LogP contribution < -0.4 is 9.80 Å². The molecule has 3 aliphatic rings. The molecule has 522 valence electrons. The largest absolute Gasteiger partial charge is 0.383 e. The van der Waals surface area contributed by atoms with Crippen molar-refractivity contribution in [2.45, 2.75) is 109 Å². The van der Waals surface area contributed by atoms with Crippen LogP contribution in [-0.4, -0.2) is 214 Å². The number of benzene rings is 4. The van der Waals surface area contributed by atoms with Gasteiger partial charge < -0.3 is 57.3 Å². The fourth-order valence-corrected chi connectivity index (χ4v) is 14.9. The van der Waals surface area contributed by atoms with Crippen LogP contribution in [0.15, 0.2) is 92.0 Å². The Hall–Kier alpha value is -5.63. The third kappa shape index (κ3) is 19.1. The molecule has 0 aromatic heterocycles. The third-order valence-corrected chi connectivity index (χ3v) is 20.1. The predicted molar refractivity (Wildman–Crippen MR) is 342 cm³/mol. The molecule has 2 amide bonds. The third-order valence-electron chi connectivity index (χ3n) is 16.7. The van der Waals surface area contributed by atoms with E-state index in [0.29, 0.717) is 85.1 Å². The molecule has 94 heavy (non-hydrogen) atoms. The van der Waals surface area contributed by atoms with Crippen LogP contribution >= 0.6 is 0 Å². The minimum atomic E-state index is -5.12. The van der Waals surface area contributed by atoms with Crippen molar-refractivity contribution < 1.29 is 114 Å². The van der Waals surface area contributed by atoms with Crippen LogP contribution in [0.4, 0.5) is 11.4 Å². The van der Waals surface area contributed by atoms with Gasteiger partial charge in [-0.15, -0.1) is 5.06 Å². The fraction of sp³-hybridized carbons (Fsp3) is 0.565. The maximum absolute atomic E-state index is 13.2. The summed E-state index contributed by atoms with van der Waals surface area (Å²) in [4.78, 5) is 41.3. The van der Waals surface area contributed by atoms with Gasteiger partial charge in [0.15, 0.2) is 0 Å². The van der Waals surface area contributed by atoms with Gasteiger partial charge in [0.25, 0.3) is 52.3 Å². The number of nitrogens with zero attached hydrogens (tertiary/aromatic N) is 3. The van der Waals surface area contributed by atoms with Gasteiger partial charge in [0, 0.05) is 91.5 Å². The summed E-state index contributed by atoms with van der Waals surface area (Å²) in [7, 11) is -17.2. The highest BCUT2D eigenvalue weighted by atomic mass is 32.2. The summed E-state index contributed by atoms with van der Waals surface area (Å²) in [5.74, 6) is -2.45. The molecule has 3 aliphatic heterocycles. The maximum atomic E-state index is 13.2. The van der Waals surface area contributed by atoms with Gasteiger partial charge in [-0.05, 0) is 89.6 Å². The van der Waals surface area contributed by atoms with E-state index in [4.69, 9.17) is 47.5 Å². The van der Waals surface area contributed by atoms with Crippen molar-refractivity contribution in [1.29, 1.82) is 0 Å². The monoisotopic (exact) mass is 1400 g/mol. The molecule has 4 N–H and O–H groups in total. The number of fused-ring (bicyclic) bond motifs is 6. The van der Waals surface area contributed by atoms with Gasteiger partial charge in [-0.1, -0.05) is 58.4 Å². The number of hydrogen-bond acceptors (Lipinski definition) is 23. The van der Waals surface area contributed by atoms with Crippen LogP contribution in [-0.2, 0) is 113 Å². The van der Waals surface area contributed by atoms with E-state index in [9.17, 15) is 66.3 Å². The molecule has 1 saturated heterocycles. The number of allylic oxidation sites excluding steroid dienone is 4. The van der Waals surface area contributed by atoms with Crippen LogP contribution in [0, 0.1) is 5.92 Å². The van der Waals surface area contributed by atoms with Crippen molar-refractivity contribution in [2.75, 3.05) is 143 Å². The maximum Gasteiger partial charge on any atom is 0.335 e. The topological polar surface area (TPSA) is 371 Å². The number of hydroxylamine groups is 2. The number of methoxy groups -OCH3 is 2. The first-order chi connectivity index (χ1) is 44.5. The first kappa shape index (κ1) is 75.7. The average Bonchev–Trinajstić information content (AvgIpc) is 1.46. The quantitative estimate of drug-likeness (QED) is 0.0217. The number of rotatable bonds is 39. The van der Waals surface area contributed by atoms with Gasteiger partial charge in [0.2, 0.25) is 0 Å². The van der Waals surface area contributed by atoms with Crippen molar-refractivity contribution in [3.05, 3.63) is 83.6 Å². The number of carbonyl (C=O) groups is 3. The highest BCUT2D eigenvalue weighted by Gasteiger charge is 2.46. The molecule has 3 atom stereocenters. The zero-order valence-electron chi connectivity index (χ0n) is 53.5. The average molecular weight is 1400 g/mol. The summed E-state index contributed by atoms with van der Waals surface area (Å²) < 4.78 is 197. The van der Waals surface area contributed by atoms with E-state index in [0.717, 1.165) is 18.6 Å². The Balaban J connectivity index is 1.21. The minimum Gasteiger partial charge on any atom is -0.383 e. The molecule has 4 aromatic carbocycles. The molecule has 0 aliphatic carbocycles. The Morgan fingerprint density at radius 1 is 0.564 bits per heavy atom. The van der Waals surface area contributed by atoms with Gasteiger partial charge in [-0.2, -0.15) is 33.7 Å². The molecule has 0 spiro atoms. The van der Waals surface area contributed by atoms with Gasteiger partial charge in [0.1, 0.15) is 9.79 Å². The summed E-state index contributed by atoms with van der Waals surface area (Å²) in [6.07, 6.45) is 7.57. The minimum absolute atomic E-state index is 0.00750. The number of amides is 2. The zero-order chi connectivity index (χ0) is 68.7. The number of ether oxygens (including phenoxy) is 9. The van der Waals surface area contributed by atoms with E-state index in [2.05, 4.69) is 4.90 Å². The molecule has 1 fully saturated rings. The van der Waals surface area contributed by atoms with E-state index in [1.54, 1.807) is 26.4 Å². The lowest BCUT2D eigenvalue weighted by molar-refractivity contribution is -0.198. The molecular weight excluding hydrogens is 1310 g/mol. The van der Waals surface area contributed by atoms with Gasteiger partial charge in [0.05, 0.1) is 115 Å². The lowest BCUT2D eigenvalue weighted by atomic mass is 9.66. The smallest absolute Gasteiger partial charge is 0.335 e. The van der Waals surface area contributed by atoms with E-state index in [1.165, 1.54) is 18.2 Å². The van der Waals surface area contributed by atoms with Crippen LogP contribution in [0.5, 0.6) is 0 Å². The lowest BCUT2D eigenvalue weighted by Crippen LogP contribution is -2.38. The van der Waals surface area contributed by atoms with Crippen molar-refractivity contribution in [3.63, 3.8) is 0 Å². The Morgan fingerprint density at radius 3 is 1.52 bits per heavy atom. The first-order valence-corrected chi connectivity index (χ1v) is 36.4. The summed E-state index contributed by atoms with van der Waals surface area (Å²) in [6.45, 7) is 11.5. The van der Waals surface area contributed by atoms with Crippen LogP contribution in [0.3, 0.4) is 0 Å². The fourth-order valence-electron chi connectivity index (χ4n) is 12.2. The Labute approximate surface area is 548 Å². The van der Waals surface area contributed by atoms with Crippen molar-refractivity contribution in [2.24, 2.45) is 5.92 Å². The number of imide groups is 1. The number of hydrogen-bond donors (Lipinski definition) is 4. The predicted octanol–water partition coefficient (Wildman–Crippen LogP) is 6.27. The Morgan fingerprint density at radius 2 is 1.03 bits per heavy atom. The summed E-state index contributed by atoms with van der Waals surface area (Å²) >= 11 is 0. The second kappa shape index (κ2) is 33.6. The number of anilines is 2. The van der Waals surface area contributed by atoms with Crippen LogP contribution in [0.2, 0.25) is 0 Å². The second-order valence-electron chi connectivity index (χ2n) is 23.3. The Bertz CT molecular complexity index is 3850.